The van der Waals surface area contributed by atoms with Crippen LogP contribution in [0.5, 0.6) is 11.5 Å². The van der Waals surface area contributed by atoms with Gasteiger partial charge in [0.1, 0.15) is 11.5 Å². The van der Waals surface area contributed by atoms with Crippen molar-refractivity contribution in [1.29, 1.82) is 0 Å². The highest BCUT2D eigenvalue weighted by molar-refractivity contribution is 5.38. The first-order valence-electron chi connectivity index (χ1n) is 9.81. The molecule has 0 fully saturated rings. The molecule has 2 aromatic carbocycles. The summed E-state index contributed by atoms with van der Waals surface area (Å²) in [6.45, 7) is 1.11. The first-order chi connectivity index (χ1) is 14.1. The molecule has 8 heteroatoms. The summed E-state index contributed by atoms with van der Waals surface area (Å²) in [7, 11) is 0. The molecule has 0 spiro atoms. The van der Waals surface area contributed by atoms with E-state index in [9.17, 15) is 20.2 Å². The maximum atomic E-state index is 10.7. The molecule has 2 aromatic rings. The van der Waals surface area contributed by atoms with E-state index in [-0.39, 0.29) is 11.4 Å². The third-order valence-electron chi connectivity index (χ3n) is 4.38. The second-order valence-electron chi connectivity index (χ2n) is 6.68. The van der Waals surface area contributed by atoms with Crippen LogP contribution in [0.15, 0.2) is 48.5 Å². The monoisotopic (exact) mass is 402 g/mol. The molecule has 0 aliphatic rings. The smallest absolute Gasteiger partial charge is 0.273 e. The van der Waals surface area contributed by atoms with Crippen molar-refractivity contribution in [3.8, 4) is 11.5 Å². The highest BCUT2D eigenvalue weighted by Gasteiger charge is 2.07. The third kappa shape index (κ3) is 8.59. The average Bonchev–Trinajstić information content (AvgIpc) is 2.72. The molecule has 0 unspecified atom stereocenters. The van der Waals surface area contributed by atoms with Crippen LogP contribution in [-0.4, -0.2) is 23.1 Å². The second kappa shape index (κ2) is 12.3. The fourth-order valence-corrected chi connectivity index (χ4v) is 2.84. The first-order valence-corrected chi connectivity index (χ1v) is 9.81. The van der Waals surface area contributed by atoms with Gasteiger partial charge in [0, 0.05) is 12.1 Å². The first kappa shape index (κ1) is 22.1. The van der Waals surface area contributed by atoms with Crippen molar-refractivity contribution >= 4 is 11.4 Å². The topological polar surface area (TPSA) is 105 Å². The van der Waals surface area contributed by atoms with Crippen molar-refractivity contribution in [1.82, 2.24) is 0 Å². The minimum absolute atomic E-state index is 0.0389. The standard InChI is InChI=1S/C21H26N2O6/c24-22(25)18-10-8-12-20(16-18)28-14-6-4-2-1-3-5-7-15-29-21-13-9-11-19(17-21)23(26)27/h8-13,16-17H,1-7,14-15H2. The number of benzene rings is 2. The summed E-state index contributed by atoms with van der Waals surface area (Å²) in [5, 5.41) is 21.4. The van der Waals surface area contributed by atoms with Gasteiger partial charge in [-0.25, -0.2) is 0 Å². The van der Waals surface area contributed by atoms with Crippen molar-refractivity contribution < 1.29 is 19.3 Å². The van der Waals surface area contributed by atoms with Crippen molar-refractivity contribution in [2.24, 2.45) is 0 Å². The summed E-state index contributed by atoms with van der Waals surface area (Å²) in [4.78, 5) is 20.6. The molecule has 0 saturated heterocycles. The molecule has 0 aromatic heterocycles. The Balaban J connectivity index is 1.45. The lowest BCUT2D eigenvalue weighted by molar-refractivity contribution is -0.385. The fourth-order valence-electron chi connectivity index (χ4n) is 2.84. The van der Waals surface area contributed by atoms with Crippen LogP contribution in [0.3, 0.4) is 0 Å². The van der Waals surface area contributed by atoms with Crippen LogP contribution in [0, 0.1) is 20.2 Å². The summed E-state index contributed by atoms with van der Waals surface area (Å²) in [5.41, 5.74) is 0.0777. The van der Waals surface area contributed by atoms with Crippen LogP contribution in [0.25, 0.3) is 0 Å². The summed E-state index contributed by atoms with van der Waals surface area (Å²) in [5.74, 6) is 1.06. The van der Waals surface area contributed by atoms with Crippen LogP contribution in [0.1, 0.15) is 44.9 Å². The number of rotatable bonds is 14. The van der Waals surface area contributed by atoms with Crippen LogP contribution >= 0.6 is 0 Å². The molecule has 0 N–H and O–H groups in total. The van der Waals surface area contributed by atoms with Crippen molar-refractivity contribution in [2.45, 2.75) is 44.9 Å². The lowest BCUT2D eigenvalue weighted by Crippen LogP contribution is -1.99. The summed E-state index contributed by atoms with van der Waals surface area (Å²) >= 11 is 0. The Hall–Kier alpha value is -3.16. The minimum Gasteiger partial charge on any atom is -0.493 e. The maximum absolute atomic E-state index is 10.7. The van der Waals surface area contributed by atoms with E-state index in [2.05, 4.69) is 0 Å². The van der Waals surface area contributed by atoms with Gasteiger partial charge < -0.3 is 9.47 Å². The Bertz CT molecular complexity index is 731. The maximum Gasteiger partial charge on any atom is 0.273 e. The Morgan fingerprint density at radius 1 is 0.621 bits per heavy atom. The van der Waals surface area contributed by atoms with E-state index in [1.54, 1.807) is 24.3 Å². The number of nitro benzene ring substituents is 2. The molecule has 8 nitrogen and oxygen atoms in total. The predicted molar refractivity (Wildman–Crippen MR) is 110 cm³/mol. The third-order valence-corrected chi connectivity index (χ3v) is 4.38. The lowest BCUT2D eigenvalue weighted by atomic mass is 10.1. The van der Waals surface area contributed by atoms with Gasteiger partial charge in [-0.3, -0.25) is 20.2 Å². The van der Waals surface area contributed by atoms with E-state index in [0.717, 1.165) is 44.9 Å². The molecule has 0 aliphatic heterocycles. The number of ether oxygens (including phenoxy) is 2. The molecular weight excluding hydrogens is 376 g/mol. The minimum atomic E-state index is -0.429. The van der Waals surface area contributed by atoms with Crippen molar-refractivity contribution in [3.63, 3.8) is 0 Å². The van der Waals surface area contributed by atoms with Crippen LogP contribution in [-0.2, 0) is 0 Å². The zero-order chi connectivity index (χ0) is 20.9. The van der Waals surface area contributed by atoms with Crippen molar-refractivity contribution in [2.75, 3.05) is 13.2 Å². The number of hydrogen-bond acceptors (Lipinski definition) is 6. The van der Waals surface area contributed by atoms with Gasteiger partial charge in [-0.05, 0) is 25.0 Å². The Labute approximate surface area is 169 Å². The van der Waals surface area contributed by atoms with Gasteiger partial charge in [0.15, 0.2) is 0 Å². The molecule has 2 rings (SSSR count). The van der Waals surface area contributed by atoms with Gasteiger partial charge in [0.05, 0.1) is 35.2 Å². The molecule has 0 amide bonds. The zero-order valence-electron chi connectivity index (χ0n) is 16.3. The van der Waals surface area contributed by atoms with Gasteiger partial charge in [0.25, 0.3) is 11.4 Å². The van der Waals surface area contributed by atoms with Crippen LogP contribution < -0.4 is 9.47 Å². The van der Waals surface area contributed by atoms with Gasteiger partial charge in [0.2, 0.25) is 0 Å². The van der Waals surface area contributed by atoms with E-state index >= 15 is 0 Å². The van der Waals surface area contributed by atoms with Gasteiger partial charge in [-0.2, -0.15) is 0 Å². The lowest BCUT2D eigenvalue weighted by Gasteiger charge is -2.07. The number of hydrogen-bond donors (Lipinski definition) is 0. The molecule has 29 heavy (non-hydrogen) atoms. The summed E-state index contributed by atoms with van der Waals surface area (Å²) in [6, 6.07) is 12.5. The number of nitrogens with zero attached hydrogens (tertiary/aromatic N) is 2. The Morgan fingerprint density at radius 3 is 1.38 bits per heavy atom. The molecule has 0 bridgehead atoms. The highest BCUT2D eigenvalue weighted by Crippen LogP contribution is 2.20. The van der Waals surface area contributed by atoms with E-state index in [1.807, 2.05) is 0 Å². The number of unbranched alkanes of at least 4 members (excludes halogenated alkanes) is 6. The van der Waals surface area contributed by atoms with E-state index in [0.29, 0.717) is 24.7 Å². The van der Waals surface area contributed by atoms with Gasteiger partial charge in [-0.15, -0.1) is 0 Å². The molecule has 0 aliphatic carbocycles. The van der Waals surface area contributed by atoms with Crippen molar-refractivity contribution in [3.05, 3.63) is 68.8 Å². The summed E-state index contributed by atoms with van der Waals surface area (Å²) in [6.07, 6.45) is 7.30. The number of non-ortho nitro benzene ring substituents is 2. The average molecular weight is 402 g/mol. The van der Waals surface area contributed by atoms with Crippen LogP contribution in [0.2, 0.25) is 0 Å². The normalized spacial score (nSPS) is 10.5. The van der Waals surface area contributed by atoms with E-state index < -0.39 is 9.85 Å². The molecule has 0 saturated carbocycles. The number of nitro groups is 2. The highest BCUT2D eigenvalue weighted by atomic mass is 16.6. The second-order valence-corrected chi connectivity index (χ2v) is 6.68. The van der Waals surface area contributed by atoms with E-state index in [1.165, 1.54) is 24.3 Å². The molecular formula is C21H26N2O6. The quantitative estimate of drug-likeness (QED) is 0.228. The fraction of sp³-hybridized carbons (Fsp3) is 0.429. The molecule has 0 atom stereocenters. The van der Waals surface area contributed by atoms with Gasteiger partial charge in [-0.1, -0.05) is 44.2 Å². The summed E-state index contributed by atoms with van der Waals surface area (Å²) < 4.78 is 11.1. The van der Waals surface area contributed by atoms with Crippen LogP contribution in [0.4, 0.5) is 11.4 Å². The van der Waals surface area contributed by atoms with Gasteiger partial charge >= 0.3 is 0 Å². The molecule has 0 radical (unpaired) electrons. The SMILES string of the molecule is O=[N+]([O-])c1cccc(OCCCCCCCCCOc2cccc([N+](=O)[O-])c2)c1. The Kier molecular flexibility index (Phi) is 9.41. The Morgan fingerprint density at radius 2 is 1.00 bits per heavy atom. The largest absolute Gasteiger partial charge is 0.493 e. The predicted octanol–water partition coefficient (Wildman–Crippen LogP) is 5.69. The molecule has 0 heterocycles. The van der Waals surface area contributed by atoms with E-state index in [4.69, 9.17) is 9.47 Å². The zero-order valence-corrected chi connectivity index (χ0v) is 16.3. The molecule has 156 valence electrons.